The molecule has 1 heterocycles. The number of aromatic nitrogens is 2. The van der Waals surface area contributed by atoms with Crippen LogP contribution in [0.4, 0.5) is 0 Å². The van der Waals surface area contributed by atoms with Crippen molar-refractivity contribution in [2.24, 2.45) is 0 Å². The van der Waals surface area contributed by atoms with Gasteiger partial charge in [0, 0.05) is 13.0 Å². The van der Waals surface area contributed by atoms with Crippen molar-refractivity contribution in [2.45, 2.75) is 39.8 Å². The van der Waals surface area contributed by atoms with E-state index in [1.54, 1.807) is 0 Å². The highest BCUT2D eigenvalue weighted by Crippen LogP contribution is 2.14. The molecule has 0 amide bonds. The van der Waals surface area contributed by atoms with Crippen molar-refractivity contribution in [3.8, 4) is 5.75 Å². The van der Waals surface area contributed by atoms with E-state index in [-0.39, 0.29) is 0 Å². The van der Waals surface area contributed by atoms with Gasteiger partial charge in [-0.2, -0.15) is 4.98 Å². The summed E-state index contributed by atoms with van der Waals surface area (Å²) in [4.78, 5) is 4.27. The van der Waals surface area contributed by atoms with Crippen molar-refractivity contribution in [2.75, 3.05) is 6.54 Å². The summed E-state index contributed by atoms with van der Waals surface area (Å²) in [5, 5.41) is 7.19. The molecule has 20 heavy (non-hydrogen) atoms. The van der Waals surface area contributed by atoms with Gasteiger partial charge in [0.15, 0.2) is 6.61 Å². The summed E-state index contributed by atoms with van der Waals surface area (Å²) in [5.74, 6) is 2.08. The van der Waals surface area contributed by atoms with E-state index >= 15 is 0 Å². The summed E-state index contributed by atoms with van der Waals surface area (Å²) in [5.41, 5.74) is 1.20. The lowest BCUT2D eigenvalue weighted by atomic mass is 10.2. The van der Waals surface area contributed by atoms with Gasteiger partial charge in [0.25, 0.3) is 0 Å². The SMILES string of the molecule is CCCc1nc(COc2cccc(CNCC)c2)no1. The van der Waals surface area contributed by atoms with Crippen LogP contribution in [-0.2, 0) is 19.6 Å². The van der Waals surface area contributed by atoms with Crippen LogP contribution in [0.15, 0.2) is 28.8 Å². The second kappa shape index (κ2) is 7.65. The van der Waals surface area contributed by atoms with Crippen LogP contribution in [-0.4, -0.2) is 16.7 Å². The third-order valence-electron chi connectivity index (χ3n) is 2.82. The molecule has 0 saturated heterocycles. The Labute approximate surface area is 119 Å². The van der Waals surface area contributed by atoms with Crippen LogP contribution in [0.1, 0.15) is 37.5 Å². The molecule has 1 N–H and O–H groups in total. The zero-order valence-electron chi connectivity index (χ0n) is 12.1. The van der Waals surface area contributed by atoms with Crippen molar-refractivity contribution in [1.29, 1.82) is 0 Å². The minimum Gasteiger partial charge on any atom is -0.485 e. The summed E-state index contributed by atoms with van der Waals surface area (Å²) in [6, 6.07) is 8.02. The number of aryl methyl sites for hydroxylation is 1. The standard InChI is InChI=1S/C15H21N3O2/c1-3-6-15-17-14(18-20-15)11-19-13-8-5-7-12(9-13)10-16-4-2/h5,7-9,16H,3-4,6,10-11H2,1-2H3. The average Bonchev–Trinajstić information content (AvgIpc) is 2.92. The van der Waals surface area contributed by atoms with Gasteiger partial charge in [-0.25, -0.2) is 0 Å². The molecular formula is C15H21N3O2. The highest BCUT2D eigenvalue weighted by atomic mass is 16.5. The van der Waals surface area contributed by atoms with Crippen LogP contribution in [0.2, 0.25) is 0 Å². The second-order valence-corrected chi connectivity index (χ2v) is 4.57. The van der Waals surface area contributed by atoms with E-state index < -0.39 is 0 Å². The molecule has 0 spiro atoms. The zero-order chi connectivity index (χ0) is 14.2. The molecule has 5 nitrogen and oxygen atoms in total. The molecule has 0 fully saturated rings. The van der Waals surface area contributed by atoms with E-state index in [0.717, 1.165) is 31.7 Å². The number of rotatable bonds is 8. The maximum Gasteiger partial charge on any atom is 0.226 e. The van der Waals surface area contributed by atoms with Gasteiger partial charge in [0.2, 0.25) is 11.7 Å². The highest BCUT2D eigenvalue weighted by molar-refractivity contribution is 5.28. The lowest BCUT2D eigenvalue weighted by molar-refractivity contribution is 0.285. The van der Waals surface area contributed by atoms with Crippen molar-refractivity contribution >= 4 is 0 Å². The Hall–Kier alpha value is -1.88. The Bertz CT molecular complexity index is 525. The molecule has 0 aliphatic carbocycles. The minimum absolute atomic E-state index is 0.331. The molecule has 2 aromatic rings. The minimum atomic E-state index is 0.331. The molecule has 0 bridgehead atoms. The van der Waals surface area contributed by atoms with E-state index in [4.69, 9.17) is 9.26 Å². The fourth-order valence-electron chi connectivity index (χ4n) is 1.83. The molecule has 0 unspecified atom stereocenters. The lowest BCUT2D eigenvalue weighted by Gasteiger charge is -2.06. The van der Waals surface area contributed by atoms with Crippen molar-refractivity contribution in [3.05, 3.63) is 41.5 Å². The third kappa shape index (κ3) is 4.35. The van der Waals surface area contributed by atoms with Gasteiger partial charge in [-0.05, 0) is 30.7 Å². The highest BCUT2D eigenvalue weighted by Gasteiger charge is 2.06. The van der Waals surface area contributed by atoms with Crippen LogP contribution >= 0.6 is 0 Å². The average molecular weight is 275 g/mol. The molecule has 2 rings (SSSR count). The molecular weight excluding hydrogens is 254 g/mol. The Morgan fingerprint density at radius 3 is 3.00 bits per heavy atom. The number of nitrogens with one attached hydrogen (secondary N) is 1. The molecule has 1 aromatic carbocycles. The van der Waals surface area contributed by atoms with Gasteiger partial charge in [-0.1, -0.05) is 31.1 Å². The third-order valence-corrected chi connectivity index (χ3v) is 2.82. The van der Waals surface area contributed by atoms with Crippen molar-refractivity contribution in [1.82, 2.24) is 15.5 Å². The Morgan fingerprint density at radius 2 is 2.20 bits per heavy atom. The Morgan fingerprint density at radius 1 is 1.30 bits per heavy atom. The Balaban J connectivity index is 1.89. The normalized spacial score (nSPS) is 10.7. The zero-order valence-corrected chi connectivity index (χ0v) is 12.1. The van der Waals surface area contributed by atoms with E-state index in [1.807, 2.05) is 18.2 Å². The number of nitrogens with zero attached hydrogens (tertiary/aromatic N) is 2. The van der Waals surface area contributed by atoms with Gasteiger partial charge in [-0.3, -0.25) is 0 Å². The first-order chi connectivity index (χ1) is 9.81. The number of hydrogen-bond donors (Lipinski definition) is 1. The van der Waals surface area contributed by atoms with Crippen molar-refractivity contribution in [3.63, 3.8) is 0 Å². The van der Waals surface area contributed by atoms with Crippen LogP contribution in [0.25, 0.3) is 0 Å². The van der Waals surface area contributed by atoms with Gasteiger partial charge in [0.05, 0.1) is 0 Å². The summed E-state index contributed by atoms with van der Waals surface area (Å²) in [7, 11) is 0. The first-order valence-electron chi connectivity index (χ1n) is 7.05. The monoisotopic (exact) mass is 275 g/mol. The largest absolute Gasteiger partial charge is 0.485 e. The second-order valence-electron chi connectivity index (χ2n) is 4.57. The smallest absolute Gasteiger partial charge is 0.226 e. The molecule has 0 atom stereocenters. The van der Waals surface area contributed by atoms with Crippen LogP contribution < -0.4 is 10.1 Å². The topological polar surface area (TPSA) is 60.2 Å². The van der Waals surface area contributed by atoms with Crippen LogP contribution in [0.3, 0.4) is 0 Å². The van der Waals surface area contributed by atoms with Gasteiger partial charge in [-0.15, -0.1) is 0 Å². The first kappa shape index (κ1) is 14.5. The van der Waals surface area contributed by atoms with Gasteiger partial charge < -0.3 is 14.6 Å². The number of benzene rings is 1. The van der Waals surface area contributed by atoms with E-state index in [2.05, 4.69) is 35.4 Å². The lowest BCUT2D eigenvalue weighted by Crippen LogP contribution is -2.11. The Kier molecular flexibility index (Phi) is 5.55. The first-order valence-corrected chi connectivity index (χ1v) is 7.05. The maximum absolute atomic E-state index is 5.69. The fourth-order valence-corrected chi connectivity index (χ4v) is 1.83. The van der Waals surface area contributed by atoms with Gasteiger partial charge >= 0.3 is 0 Å². The van der Waals surface area contributed by atoms with Crippen LogP contribution in [0.5, 0.6) is 5.75 Å². The quantitative estimate of drug-likeness (QED) is 0.802. The van der Waals surface area contributed by atoms with E-state index in [9.17, 15) is 0 Å². The molecule has 0 aliphatic heterocycles. The maximum atomic E-state index is 5.69. The molecule has 0 saturated carbocycles. The van der Waals surface area contributed by atoms with Crippen molar-refractivity contribution < 1.29 is 9.26 Å². The molecule has 0 radical (unpaired) electrons. The summed E-state index contributed by atoms with van der Waals surface area (Å²) < 4.78 is 10.8. The molecule has 0 aliphatic rings. The van der Waals surface area contributed by atoms with E-state index in [1.165, 1.54) is 5.56 Å². The van der Waals surface area contributed by atoms with Gasteiger partial charge in [0.1, 0.15) is 5.75 Å². The fraction of sp³-hybridized carbons (Fsp3) is 0.467. The summed E-state index contributed by atoms with van der Waals surface area (Å²) >= 11 is 0. The molecule has 108 valence electrons. The summed E-state index contributed by atoms with van der Waals surface area (Å²) in [6.45, 7) is 6.29. The number of ether oxygens (including phenoxy) is 1. The van der Waals surface area contributed by atoms with Crippen LogP contribution in [0, 0.1) is 0 Å². The summed E-state index contributed by atoms with van der Waals surface area (Å²) in [6.07, 6.45) is 1.81. The number of hydrogen-bond acceptors (Lipinski definition) is 5. The molecule has 5 heteroatoms. The predicted octanol–water partition coefficient (Wildman–Crippen LogP) is 2.71. The van der Waals surface area contributed by atoms with E-state index in [0.29, 0.717) is 18.3 Å². The predicted molar refractivity (Wildman–Crippen MR) is 76.4 cm³/mol. The molecule has 1 aromatic heterocycles.